The Morgan fingerprint density at radius 1 is 0.880 bits per heavy atom. The first-order valence-corrected chi connectivity index (χ1v) is 10.1. The minimum Gasteiger partial charge on any atom is -0.352 e. The second kappa shape index (κ2) is 8.99. The van der Waals surface area contributed by atoms with E-state index < -0.39 is 0 Å². The van der Waals surface area contributed by atoms with Crippen molar-refractivity contribution < 1.29 is 9.59 Å². The standard InChI is InChI=1S/C19H34N4O2/c1-16(17-6-7-17)20-18(24)14-21-10-12-22(13-11-21)15-19(25)23-8-4-2-3-5-9-23/h16-17H,2-15H2,1H3,(H,20,24). The van der Waals surface area contributed by atoms with Crippen molar-refractivity contribution in [1.29, 1.82) is 0 Å². The second-order valence-electron chi connectivity index (χ2n) is 8.04. The van der Waals surface area contributed by atoms with Crippen LogP contribution in [0, 0.1) is 5.92 Å². The Balaban J connectivity index is 1.33. The number of hydrogen-bond acceptors (Lipinski definition) is 4. The van der Waals surface area contributed by atoms with Crippen LogP contribution in [0.25, 0.3) is 0 Å². The number of piperazine rings is 1. The molecule has 6 nitrogen and oxygen atoms in total. The summed E-state index contributed by atoms with van der Waals surface area (Å²) < 4.78 is 0. The average Bonchev–Trinajstić information content (AvgIpc) is 3.43. The van der Waals surface area contributed by atoms with Gasteiger partial charge < -0.3 is 10.2 Å². The molecule has 0 radical (unpaired) electrons. The number of carbonyl (C=O) groups is 2. The number of amides is 2. The van der Waals surface area contributed by atoms with Crippen molar-refractivity contribution in [2.24, 2.45) is 5.92 Å². The summed E-state index contributed by atoms with van der Waals surface area (Å²) in [5.41, 5.74) is 0. The molecule has 1 N–H and O–H groups in total. The Labute approximate surface area is 151 Å². The average molecular weight is 351 g/mol. The molecule has 142 valence electrons. The summed E-state index contributed by atoms with van der Waals surface area (Å²) in [5.74, 6) is 1.13. The fourth-order valence-electron chi connectivity index (χ4n) is 3.93. The summed E-state index contributed by atoms with van der Waals surface area (Å²) in [4.78, 5) is 31.1. The second-order valence-corrected chi connectivity index (χ2v) is 8.04. The van der Waals surface area contributed by atoms with Crippen LogP contribution in [0.5, 0.6) is 0 Å². The molecule has 2 heterocycles. The van der Waals surface area contributed by atoms with E-state index in [0.29, 0.717) is 25.0 Å². The van der Waals surface area contributed by atoms with Crippen LogP contribution in [0.2, 0.25) is 0 Å². The summed E-state index contributed by atoms with van der Waals surface area (Å²) in [5, 5.41) is 3.13. The molecule has 0 aromatic carbocycles. The summed E-state index contributed by atoms with van der Waals surface area (Å²) in [7, 11) is 0. The lowest BCUT2D eigenvalue weighted by molar-refractivity contribution is -0.133. The van der Waals surface area contributed by atoms with E-state index in [1.54, 1.807) is 0 Å². The van der Waals surface area contributed by atoms with Crippen LogP contribution in [0.4, 0.5) is 0 Å². The van der Waals surface area contributed by atoms with Crippen LogP contribution in [-0.2, 0) is 9.59 Å². The van der Waals surface area contributed by atoms with E-state index in [2.05, 4.69) is 22.0 Å². The first kappa shape index (κ1) is 18.6. The zero-order valence-electron chi connectivity index (χ0n) is 15.7. The lowest BCUT2D eigenvalue weighted by Crippen LogP contribution is -2.52. The molecule has 3 aliphatic rings. The smallest absolute Gasteiger partial charge is 0.236 e. The molecule has 1 aliphatic carbocycles. The van der Waals surface area contributed by atoms with Gasteiger partial charge in [0.15, 0.2) is 0 Å². The quantitative estimate of drug-likeness (QED) is 0.774. The minimum atomic E-state index is 0.147. The van der Waals surface area contributed by atoms with Gasteiger partial charge in [-0.05, 0) is 38.5 Å². The molecular formula is C19H34N4O2. The molecule has 25 heavy (non-hydrogen) atoms. The molecule has 0 aromatic heterocycles. The van der Waals surface area contributed by atoms with E-state index in [9.17, 15) is 9.59 Å². The normalized spacial score (nSPS) is 24.6. The molecule has 0 aromatic rings. The van der Waals surface area contributed by atoms with Gasteiger partial charge in [-0.1, -0.05) is 12.8 Å². The number of nitrogens with one attached hydrogen (secondary N) is 1. The van der Waals surface area contributed by atoms with Gasteiger partial charge >= 0.3 is 0 Å². The summed E-state index contributed by atoms with van der Waals surface area (Å²) >= 11 is 0. The topological polar surface area (TPSA) is 55.9 Å². The molecule has 2 saturated heterocycles. The molecule has 0 spiro atoms. The van der Waals surface area contributed by atoms with Crippen molar-refractivity contribution >= 4 is 11.8 Å². The van der Waals surface area contributed by atoms with E-state index in [4.69, 9.17) is 0 Å². The van der Waals surface area contributed by atoms with Crippen LogP contribution in [0.3, 0.4) is 0 Å². The molecule has 1 saturated carbocycles. The van der Waals surface area contributed by atoms with Crippen molar-refractivity contribution in [3.8, 4) is 0 Å². The highest BCUT2D eigenvalue weighted by Crippen LogP contribution is 2.32. The van der Waals surface area contributed by atoms with E-state index >= 15 is 0 Å². The summed E-state index contributed by atoms with van der Waals surface area (Å²) in [6, 6.07) is 0.319. The minimum absolute atomic E-state index is 0.147. The van der Waals surface area contributed by atoms with Gasteiger partial charge in [0.05, 0.1) is 13.1 Å². The van der Waals surface area contributed by atoms with Crippen molar-refractivity contribution in [3.63, 3.8) is 0 Å². The Kier molecular flexibility index (Phi) is 6.70. The van der Waals surface area contributed by atoms with Gasteiger partial charge in [0.1, 0.15) is 0 Å². The highest BCUT2D eigenvalue weighted by molar-refractivity contribution is 5.79. The monoisotopic (exact) mass is 350 g/mol. The molecule has 2 amide bonds. The Morgan fingerprint density at radius 2 is 1.44 bits per heavy atom. The SMILES string of the molecule is CC(NC(=O)CN1CCN(CC(=O)N2CCCCCC2)CC1)C1CC1. The Bertz CT molecular complexity index is 450. The number of nitrogens with zero attached hydrogens (tertiary/aromatic N) is 3. The summed E-state index contributed by atoms with van der Waals surface area (Å²) in [6.07, 6.45) is 7.31. The molecule has 2 aliphatic heterocycles. The van der Waals surface area contributed by atoms with Gasteiger partial charge in [0, 0.05) is 45.3 Å². The van der Waals surface area contributed by atoms with E-state index in [-0.39, 0.29) is 11.8 Å². The molecule has 3 fully saturated rings. The maximum Gasteiger partial charge on any atom is 0.236 e. The molecule has 1 atom stereocenters. The van der Waals surface area contributed by atoms with Crippen molar-refractivity contribution in [2.45, 2.75) is 51.5 Å². The highest BCUT2D eigenvalue weighted by atomic mass is 16.2. The maximum atomic E-state index is 12.5. The van der Waals surface area contributed by atoms with Gasteiger partial charge in [-0.15, -0.1) is 0 Å². The number of carbonyl (C=O) groups excluding carboxylic acids is 2. The number of hydrogen-bond donors (Lipinski definition) is 1. The predicted molar refractivity (Wildman–Crippen MR) is 98.3 cm³/mol. The van der Waals surface area contributed by atoms with Crippen molar-refractivity contribution in [2.75, 3.05) is 52.4 Å². The van der Waals surface area contributed by atoms with Crippen molar-refractivity contribution in [3.05, 3.63) is 0 Å². The Hall–Kier alpha value is -1.14. The predicted octanol–water partition coefficient (Wildman–Crippen LogP) is 0.921. The first-order valence-electron chi connectivity index (χ1n) is 10.1. The van der Waals surface area contributed by atoms with Gasteiger partial charge in [-0.3, -0.25) is 19.4 Å². The van der Waals surface area contributed by atoms with Crippen molar-refractivity contribution in [1.82, 2.24) is 20.0 Å². The van der Waals surface area contributed by atoms with E-state index in [0.717, 1.165) is 52.1 Å². The van der Waals surface area contributed by atoms with Crippen LogP contribution in [0.15, 0.2) is 0 Å². The third-order valence-electron chi connectivity index (χ3n) is 5.87. The highest BCUT2D eigenvalue weighted by Gasteiger charge is 2.29. The lowest BCUT2D eigenvalue weighted by atomic mass is 10.2. The third-order valence-corrected chi connectivity index (χ3v) is 5.87. The third kappa shape index (κ3) is 5.96. The molecule has 1 unspecified atom stereocenters. The fourth-order valence-corrected chi connectivity index (χ4v) is 3.93. The largest absolute Gasteiger partial charge is 0.352 e. The lowest BCUT2D eigenvalue weighted by Gasteiger charge is -2.35. The van der Waals surface area contributed by atoms with Crippen LogP contribution in [-0.4, -0.2) is 84.9 Å². The Morgan fingerprint density at radius 3 is 2.00 bits per heavy atom. The van der Waals surface area contributed by atoms with Gasteiger partial charge in [-0.2, -0.15) is 0 Å². The van der Waals surface area contributed by atoms with E-state index in [1.165, 1.54) is 25.7 Å². The zero-order chi connectivity index (χ0) is 17.6. The zero-order valence-corrected chi connectivity index (χ0v) is 15.7. The van der Waals surface area contributed by atoms with Gasteiger partial charge in [-0.25, -0.2) is 0 Å². The van der Waals surface area contributed by atoms with Crippen LogP contribution < -0.4 is 5.32 Å². The number of rotatable bonds is 6. The molecule has 0 bridgehead atoms. The van der Waals surface area contributed by atoms with Gasteiger partial charge in [0.25, 0.3) is 0 Å². The first-order chi connectivity index (χ1) is 12.1. The van der Waals surface area contributed by atoms with Crippen LogP contribution >= 0.6 is 0 Å². The summed E-state index contributed by atoms with van der Waals surface area (Å²) in [6.45, 7) is 8.51. The fraction of sp³-hybridized carbons (Fsp3) is 0.895. The van der Waals surface area contributed by atoms with Gasteiger partial charge in [0.2, 0.25) is 11.8 Å². The molecule has 6 heteroatoms. The maximum absolute atomic E-state index is 12.5. The molecule has 3 rings (SSSR count). The molecular weight excluding hydrogens is 316 g/mol. The van der Waals surface area contributed by atoms with Crippen LogP contribution in [0.1, 0.15) is 45.4 Å². The van der Waals surface area contributed by atoms with E-state index in [1.807, 2.05) is 4.90 Å². The number of likely N-dealkylation sites (tertiary alicyclic amines) is 1.